The number of aliphatic hydroxyl groups is 1. The van der Waals surface area contributed by atoms with Crippen LogP contribution in [0, 0.1) is 5.92 Å². The molecule has 0 bridgehead atoms. The van der Waals surface area contributed by atoms with Crippen LogP contribution in [0.4, 0.5) is 11.4 Å². The van der Waals surface area contributed by atoms with E-state index in [1.54, 1.807) is 24.3 Å². The van der Waals surface area contributed by atoms with Crippen LogP contribution in [0.5, 0.6) is 0 Å². The zero-order valence-corrected chi connectivity index (χ0v) is 18.3. The second kappa shape index (κ2) is 9.20. The lowest BCUT2D eigenvalue weighted by Gasteiger charge is -2.25. The summed E-state index contributed by atoms with van der Waals surface area (Å²) in [5.41, 5.74) is 3.04. The molecule has 0 aromatic heterocycles. The van der Waals surface area contributed by atoms with Gasteiger partial charge in [-0.2, -0.15) is 0 Å². The van der Waals surface area contributed by atoms with Crippen LogP contribution in [0.2, 0.25) is 0 Å². The fraction of sp³-hybridized carbons (Fsp3) is 0.440. The summed E-state index contributed by atoms with van der Waals surface area (Å²) in [6.07, 6.45) is 1.83. The summed E-state index contributed by atoms with van der Waals surface area (Å²) in [5.74, 6) is 0.363. The highest BCUT2D eigenvalue weighted by molar-refractivity contribution is 6.31. The summed E-state index contributed by atoms with van der Waals surface area (Å²) >= 11 is 0. The Balaban J connectivity index is 1.64. The molecule has 4 rings (SSSR count). The minimum absolute atomic E-state index is 0.129. The third-order valence-corrected chi connectivity index (χ3v) is 6.25. The number of fused-ring (bicyclic) bond motifs is 2. The number of hydrogen-bond acceptors (Lipinski definition) is 6. The standard InChI is InChI=1S/C25H31N3O3/c1-3-28(4-2)15-17(29)14-27-21-12-11-20(26-13-16-9-10-16)22-23(21)25(31)19-8-6-5-7-18(19)24(22)30/h5-8,11-12,16-17,26-27,29H,3-4,9-10,13-15H2,1-2H3. The van der Waals surface area contributed by atoms with Gasteiger partial charge in [-0.15, -0.1) is 0 Å². The van der Waals surface area contributed by atoms with Gasteiger partial charge in [0.15, 0.2) is 11.6 Å². The van der Waals surface area contributed by atoms with Gasteiger partial charge in [-0.3, -0.25) is 9.59 Å². The van der Waals surface area contributed by atoms with Gasteiger partial charge in [-0.1, -0.05) is 38.1 Å². The van der Waals surface area contributed by atoms with Gasteiger partial charge in [0.25, 0.3) is 0 Å². The van der Waals surface area contributed by atoms with Gasteiger partial charge < -0.3 is 20.6 Å². The van der Waals surface area contributed by atoms with Crippen LogP contribution in [-0.4, -0.2) is 60.4 Å². The lowest BCUT2D eigenvalue weighted by molar-refractivity contribution is 0.0980. The van der Waals surface area contributed by atoms with Crippen LogP contribution in [-0.2, 0) is 0 Å². The fourth-order valence-corrected chi connectivity index (χ4v) is 4.17. The zero-order valence-electron chi connectivity index (χ0n) is 18.3. The number of hydrogen-bond donors (Lipinski definition) is 3. The quantitative estimate of drug-likeness (QED) is 0.466. The van der Waals surface area contributed by atoms with Crippen molar-refractivity contribution in [2.75, 3.05) is 43.4 Å². The van der Waals surface area contributed by atoms with Crippen molar-refractivity contribution in [3.8, 4) is 0 Å². The monoisotopic (exact) mass is 421 g/mol. The minimum atomic E-state index is -0.579. The number of likely N-dealkylation sites (N-methyl/N-ethyl adjacent to an activating group) is 1. The second-order valence-corrected chi connectivity index (χ2v) is 8.46. The SMILES string of the molecule is CCN(CC)CC(O)CNc1ccc(NCC2CC2)c2c1C(=O)c1ccccc1C2=O. The van der Waals surface area contributed by atoms with Crippen LogP contribution in [0.1, 0.15) is 58.5 Å². The average Bonchev–Trinajstić information content (AvgIpc) is 3.62. The van der Waals surface area contributed by atoms with E-state index in [1.807, 2.05) is 12.1 Å². The molecule has 1 atom stereocenters. The molecule has 1 fully saturated rings. The van der Waals surface area contributed by atoms with Crippen molar-refractivity contribution in [1.82, 2.24) is 4.90 Å². The predicted octanol–water partition coefficient (Wildman–Crippen LogP) is 3.40. The summed E-state index contributed by atoms with van der Waals surface area (Å²) < 4.78 is 0. The Hall–Kier alpha value is -2.70. The number of carbonyl (C=O) groups is 2. The van der Waals surface area contributed by atoms with Crippen molar-refractivity contribution in [3.05, 3.63) is 58.7 Å². The first-order valence-corrected chi connectivity index (χ1v) is 11.3. The van der Waals surface area contributed by atoms with Crippen molar-refractivity contribution in [3.63, 3.8) is 0 Å². The molecule has 1 unspecified atom stereocenters. The lowest BCUT2D eigenvalue weighted by Crippen LogP contribution is -2.36. The number of ketones is 2. The highest BCUT2D eigenvalue weighted by Crippen LogP contribution is 2.37. The second-order valence-electron chi connectivity index (χ2n) is 8.46. The summed E-state index contributed by atoms with van der Waals surface area (Å²) in [6.45, 7) is 7.54. The highest BCUT2D eigenvalue weighted by atomic mass is 16.3. The Morgan fingerprint density at radius 2 is 1.48 bits per heavy atom. The molecule has 0 spiro atoms. The third kappa shape index (κ3) is 4.50. The minimum Gasteiger partial charge on any atom is -0.390 e. The van der Waals surface area contributed by atoms with Gasteiger partial charge in [0.05, 0.1) is 17.2 Å². The van der Waals surface area contributed by atoms with Gasteiger partial charge in [-0.25, -0.2) is 0 Å². The molecule has 0 radical (unpaired) electrons. The molecule has 2 aliphatic carbocycles. The van der Waals surface area contributed by atoms with Crippen LogP contribution in [0.25, 0.3) is 0 Å². The van der Waals surface area contributed by atoms with Crippen LogP contribution in [0.3, 0.4) is 0 Å². The van der Waals surface area contributed by atoms with E-state index in [4.69, 9.17) is 0 Å². The average molecular weight is 422 g/mol. The Morgan fingerprint density at radius 1 is 0.935 bits per heavy atom. The lowest BCUT2D eigenvalue weighted by atomic mass is 9.82. The van der Waals surface area contributed by atoms with E-state index < -0.39 is 6.10 Å². The summed E-state index contributed by atoms with van der Waals surface area (Å²) in [7, 11) is 0. The molecule has 0 aliphatic heterocycles. The number of nitrogens with one attached hydrogen (secondary N) is 2. The first-order chi connectivity index (χ1) is 15.0. The molecule has 2 aliphatic rings. The summed E-state index contributed by atoms with van der Waals surface area (Å²) in [4.78, 5) is 28.9. The first kappa shape index (κ1) is 21.5. The van der Waals surface area contributed by atoms with E-state index in [0.29, 0.717) is 52.6 Å². The van der Waals surface area contributed by atoms with Crippen molar-refractivity contribution in [2.45, 2.75) is 32.8 Å². The maximum Gasteiger partial charge on any atom is 0.196 e. The van der Waals surface area contributed by atoms with E-state index in [0.717, 1.165) is 19.6 Å². The Bertz CT molecular complexity index is 980. The molecular formula is C25H31N3O3. The normalized spacial score (nSPS) is 16.1. The van der Waals surface area contributed by atoms with Gasteiger partial charge >= 0.3 is 0 Å². The van der Waals surface area contributed by atoms with E-state index in [1.165, 1.54) is 12.8 Å². The molecule has 31 heavy (non-hydrogen) atoms. The predicted molar refractivity (Wildman–Crippen MR) is 123 cm³/mol. The molecule has 1 saturated carbocycles. The van der Waals surface area contributed by atoms with E-state index >= 15 is 0 Å². The molecule has 164 valence electrons. The number of aliphatic hydroxyl groups excluding tert-OH is 1. The zero-order chi connectivity index (χ0) is 22.0. The molecule has 6 nitrogen and oxygen atoms in total. The molecule has 0 heterocycles. The molecule has 0 amide bonds. The van der Waals surface area contributed by atoms with E-state index in [-0.39, 0.29) is 11.6 Å². The van der Waals surface area contributed by atoms with Crippen molar-refractivity contribution >= 4 is 22.9 Å². The van der Waals surface area contributed by atoms with Gasteiger partial charge in [0, 0.05) is 42.1 Å². The van der Waals surface area contributed by atoms with Gasteiger partial charge in [0.2, 0.25) is 0 Å². The molecule has 2 aromatic rings. The van der Waals surface area contributed by atoms with Gasteiger partial charge in [0.1, 0.15) is 0 Å². The van der Waals surface area contributed by atoms with Crippen LogP contribution < -0.4 is 10.6 Å². The van der Waals surface area contributed by atoms with Crippen LogP contribution in [0.15, 0.2) is 36.4 Å². The van der Waals surface area contributed by atoms with Crippen molar-refractivity contribution < 1.29 is 14.7 Å². The van der Waals surface area contributed by atoms with Gasteiger partial charge in [-0.05, 0) is 44.0 Å². The first-order valence-electron chi connectivity index (χ1n) is 11.3. The Labute approximate surface area is 183 Å². The van der Waals surface area contributed by atoms with E-state index in [2.05, 4.69) is 29.4 Å². The Morgan fingerprint density at radius 3 is 2.00 bits per heavy atom. The van der Waals surface area contributed by atoms with Crippen molar-refractivity contribution in [1.29, 1.82) is 0 Å². The Kier molecular flexibility index (Phi) is 6.39. The molecule has 2 aromatic carbocycles. The fourth-order valence-electron chi connectivity index (χ4n) is 4.17. The number of nitrogens with zero attached hydrogens (tertiary/aromatic N) is 1. The molecule has 3 N–H and O–H groups in total. The largest absolute Gasteiger partial charge is 0.390 e. The summed E-state index contributed by atoms with van der Waals surface area (Å²) in [6, 6.07) is 10.7. The maximum absolute atomic E-state index is 13.4. The van der Waals surface area contributed by atoms with Crippen LogP contribution >= 0.6 is 0 Å². The summed E-state index contributed by atoms with van der Waals surface area (Å²) in [5, 5.41) is 17.1. The molecule has 6 heteroatoms. The molecular weight excluding hydrogens is 390 g/mol. The van der Waals surface area contributed by atoms with E-state index in [9.17, 15) is 14.7 Å². The molecule has 0 saturated heterocycles. The number of benzene rings is 2. The highest BCUT2D eigenvalue weighted by Gasteiger charge is 2.34. The smallest absolute Gasteiger partial charge is 0.196 e. The van der Waals surface area contributed by atoms with Crippen molar-refractivity contribution in [2.24, 2.45) is 5.92 Å². The number of carbonyl (C=O) groups excluding carboxylic acids is 2. The number of anilines is 2. The maximum atomic E-state index is 13.4. The topological polar surface area (TPSA) is 81.7 Å². The number of rotatable bonds is 10. The third-order valence-electron chi connectivity index (χ3n) is 6.25.